The van der Waals surface area contributed by atoms with Gasteiger partial charge in [0.25, 0.3) is 5.91 Å². The molecule has 1 fully saturated rings. The minimum atomic E-state index is -0.744. The van der Waals surface area contributed by atoms with Gasteiger partial charge in [0.2, 0.25) is 0 Å². The molecule has 0 N–H and O–H groups in total. The molecule has 1 atom stereocenters. The van der Waals surface area contributed by atoms with Crippen LogP contribution in [-0.4, -0.2) is 22.9 Å². The molecule has 3 nitrogen and oxygen atoms in total. The van der Waals surface area contributed by atoms with Gasteiger partial charge in [-0.2, -0.15) is 5.26 Å². The molecule has 0 unspecified atom stereocenters. The zero-order valence-corrected chi connectivity index (χ0v) is 13.1. The lowest BCUT2D eigenvalue weighted by Gasteiger charge is -2.42. The standard InChI is InChI=1S/C20H20N2O/c21-16-20(15-17-9-3-1-4-10-17)13-7-8-14-22(20)19(23)18-11-5-2-6-12-18/h1-6,9-12H,7-8,13-15H2/t20-/m1/s1. The highest BCUT2D eigenvalue weighted by molar-refractivity contribution is 5.95. The van der Waals surface area contributed by atoms with Gasteiger partial charge in [0.1, 0.15) is 5.54 Å². The molecule has 0 spiro atoms. The molecule has 116 valence electrons. The Balaban J connectivity index is 1.93. The second-order valence-corrected chi connectivity index (χ2v) is 6.09. The Morgan fingerprint density at radius 2 is 1.70 bits per heavy atom. The summed E-state index contributed by atoms with van der Waals surface area (Å²) < 4.78 is 0. The molecule has 0 saturated carbocycles. The van der Waals surface area contributed by atoms with E-state index in [0.717, 1.165) is 24.8 Å². The van der Waals surface area contributed by atoms with Crippen LogP contribution in [0, 0.1) is 11.3 Å². The number of hydrogen-bond donors (Lipinski definition) is 0. The van der Waals surface area contributed by atoms with E-state index >= 15 is 0 Å². The van der Waals surface area contributed by atoms with Crippen LogP contribution in [0.4, 0.5) is 0 Å². The van der Waals surface area contributed by atoms with Gasteiger partial charge in [-0.05, 0) is 37.0 Å². The van der Waals surface area contributed by atoms with Crippen molar-refractivity contribution >= 4 is 5.91 Å². The van der Waals surface area contributed by atoms with Crippen molar-refractivity contribution in [2.75, 3.05) is 6.54 Å². The average Bonchev–Trinajstić information content (AvgIpc) is 2.63. The van der Waals surface area contributed by atoms with Crippen molar-refractivity contribution in [1.29, 1.82) is 5.26 Å². The Kier molecular flexibility index (Phi) is 4.43. The van der Waals surface area contributed by atoms with E-state index in [1.165, 1.54) is 0 Å². The number of hydrogen-bond acceptors (Lipinski definition) is 2. The van der Waals surface area contributed by atoms with Crippen LogP contribution in [-0.2, 0) is 6.42 Å². The Morgan fingerprint density at radius 3 is 2.35 bits per heavy atom. The smallest absolute Gasteiger partial charge is 0.255 e. The van der Waals surface area contributed by atoms with Gasteiger partial charge >= 0.3 is 0 Å². The molecular weight excluding hydrogens is 284 g/mol. The van der Waals surface area contributed by atoms with Crippen LogP contribution in [0.25, 0.3) is 0 Å². The average molecular weight is 304 g/mol. The molecule has 0 bridgehead atoms. The summed E-state index contributed by atoms with van der Waals surface area (Å²) in [5.74, 6) is -0.0391. The van der Waals surface area contributed by atoms with E-state index in [1.807, 2.05) is 60.7 Å². The van der Waals surface area contributed by atoms with Gasteiger partial charge in [0.05, 0.1) is 6.07 Å². The fourth-order valence-electron chi connectivity index (χ4n) is 3.34. The van der Waals surface area contributed by atoms with E-state index < -0.39 is 5.54 Å². The molecule has 3 rings (SSSR count). The third-order valence-corrected chi connectivity index (χ3v) is 4.55. The first kappa shape index (κ1) is 15.3. The maximum absolute atomic E-state index is 12.9. The molecule has 2 aromatic carbocycles. The number of nitrogens with zero attached hydrogens (tertiary/aromatic N) is 2. The SMILES string of the molecule is N#C[C@]1(Cc2ccccc2)CCCCN1C(=O)c1ccccc1. The van der Waals surface area contributed by atoms with Crippen LogP contribution in [0.5, 0.6) is 0 Å². The Labute approximate surface area is 137 Å². The number of carbonyl (C=O) groups is 1. The third kappa shape index (κ3) is 3.12. The summed E-state index contributed by atoms with van der Waals surface area (Å²) in [4.78, 5) is 14.7. The van der Waals surface area contributed by atoms with Crippen molar-refractivity contribution in [3.8, 4) is 6.07 Å². The minimum absolute atomic E-state index is 0.0391. The zero-order chi connectivity index (χ0) is 16.1. The van der Waals surface area contributed by atoms with E-state index in [-0.39, 0.29) is 5.91 Å². The molecule has 23 heavy (non-hydrogen) atoms. The third-order valence-electron chi connectivity index (χ3n) is 4.55. The summed E-state index contributed by atoms with van der Waals surface area (Å²) >= 11 is 0. The van der Waals surface area contributed by atoms with Gasteiger partial charge in [-0.1, -0.05) is 48.5 Å². The summed E-state index contributed by atoms with van der Waals surface area (Å²) in [7, 11) is 0. The Morgan fingerprint density at radius 1 is 1.04 bits per heavy atom. The number of carbonyl (C=O) groups excluding carboxylic acids is 1. The lowest BCUT2D eigenvalue weighted by molar-refractivity contribution is 0.0480. The van der Waals surface area contributed by atoms with Crippen LogP contribution >= 0.6 is 0 Å². The lowest BCUT2D eigenvalue weighted by atomic mass is 9.82. The van der Waals surface area contributed by atoms with Gasteiger partial charge in [0.15, 0.2) is 0 Å². The van der Waals surface area contributed by atoms with Crippen LogP contribution in [0.3, 0.4) is 0 Å². The second kappa shape index (κ2) is 6.66. The quantitative estimate of drug-likeness (QED) is 0.865. The lowest BCUT2D eigenvalue weighted by Crippen LogP contribution is -2.55. The van der Waals surface area contributed by atoms with E-state index in [9.17, 15) is 10.1 Å². The van der Waals surface area contributed by atoms with E-state index in [0.29, 0.717) is 18.5 Å². The molecule has 1 aliphatic rings. The van der Waals surface area contributed by atoms with Gasteiger partial charge in [-0.3, -0.25) is 4.79 Å². The minimum Gasteiger partial charge on any atom is -0.320 e. The fourth-order valence-corrected chi connectivity index (χ4v) is 3.34. The summed E-state index contributed by atoms with van der Waals surface area (Å²) in [6, 6.07) is 21.7. The fraction of sp³-hybridized carbons (Fsp3) is 0.300. The summed E-state index contributed by atoms with van der Waals surface area (Å²) in [5.41, 5.74) is 1.01. The first-order valence-electron chi connectivity index (χ1n) is 8.07. The van der Waals surface area contributed by atoms with Crippen LogP contribution in [0.1, 0.15) is 35.2 Å². The van der Waals surface area contributed by atoms with Crippen molar-refractivity contribution in [3.63, 3.8) is 0 Å². The first-order valence-corrected chi connectivity index (χ1v) is 8.07. The number of nitriles is 1. The predicted molar refractivity (Wildman–Crippen MR) is 89.8 cm³/mol. The zero-order valence-electron chi connectivity index (χ0n) is 13.1. The molecule has 2 aromatic rings. The first-order chi connectivity index (χ1) is 11.2. The number of piperidine rings is 1. The summed E-state index contributed by atoms with van der Waals surface area (Å²) in [6.07, 6.45) is 3.26. The van der Waals surface area contributed by atoms with Crippen LogP contribution < -0.4 is 0 Å². The van der Waals surface area contributed by atoms with Crippen molar-refractivity contribution in [1.82, 2.24) is 4.90 Å². The number of likely N-dealkylation sites (tertiary alicyclic amines) is 1. The molecule has 1 saturated heterocycles. The van der Waals surface area contributed by atoms with Gasteiger partial charge < -0.3 is 4.90 Å². The molecule has 0 radical (unpaired) electrons. The Bertz CT molecular complexity index is 705. The van der Waals surface area contributed by atoms with Gasteiger partial charge in [-0.15, -0.1) is 0 Å². The Hall–Kier alpha value is -2.60. The van der Waals surface area contributed by atoms with Gasteiger partial charge in [0, 0.05) is 18.5 Å². The van der Waals surface area contributed by atoms with Gasteiger partial charge in [-0.25, -0.2) is 0 Å². The highest BCUT2D eigenvalue weighted by Crippen LogP contribution is 2.32. The van der Waals surface area contributed by atoms with Crippen molar-refractivity contribution in [2.24, 2.45) is 0 Å². The maximum atomic E-state index is 12.9. The van der Waals surface area contributed by atoms with E-state index in [4.69, 9.17) is 0 Å². The molecule has 1 heterocycles. The molecule has 1 aliphatic heterocycles. The number of amides is 1. The van der Waals surface area contributed by atoms with Crippen molar-refractivity contribution in [2.45, 2.75) is 31.2 Å². The molecule has 1 amide bonds. The number of benzene rings is 2. The highest BCUT2D eigenvalue weighted by Gasteiger charge is 2.42. The second-order valence-electron chi connectivity index (χ2n) is 6.09. The molecule has 0 aromatic heterocycles. The van der Waals surface area contributed by atoms with Crippen molar-refractivity contribution in [3.05, 3.63) is 71.8 Å². The molecular formula is C20H20N2O. The normalized spacial score (nSPS) is 20.7. The topological polar surface area (TPSA) is 44.1 Å². The van der Waals surface area contributed by atoms with E-state index in [1.54, 1.807) is 4.90 Å². The monoisotopic (exact) mass is 304 g/mol. The molecule has 0 aliphatic carbocycles. The van der Waals surface area contributed by atoms with Crippen molar-refractivity contribution < 1.29 is 4.79 Å². The predicted octanol–water partition coefficient (Wildman–Crippen LogP) is 3.82. The highest BCUT2D eigenvalue weighted by atomic mass is 16.2. The maximum Gasteiger partial charge on any atom is 0.255 e. The summed E-state index contributed by atoms with van der Waals surface area (Å²) in [6.45, 7) is 0.647. The van der Waals surface area contributed by atoms with Crippen LogP contribution in [0.15, 0.2) is 60.7 Å². The largest absolute Gasteiger partial charge is 0.320 e. The number of rotatable bonds is 3. The summed E-state index contributed by atoms with van der Waals surface area (Å²) in [5, 5.41) is 9.93. The van der Waals surface area contributed by atoms with E-state index in [2.05, 4.69) is 6.07 Å². The van der Waals surface area contributed by atoms with Crippen LogP contribution in [0.2, 0.25) is 0 Å². The molecule has 3 heteroatoms.